The van der Waals surface area contributed by atoms with Gasteiger partial charge in [-0.1, -0.05) is 6.92 Å². The van der Waals surface area contributed by atoms with Gasteiger partial charge >= 0.3 is 0 Å². The topological polar surface area (TPSA) is 39.7 Å². The zero-order valence-corrected chi connectivity index (χ0v) is 12.5. The van der Waals surface area contributed by atoms with Crippen LogP contribution in [0.25, 0.3) is 0 Å². The second-order valence-corrected chi connectivity index (χ2v) is 5.33. The number of hydrogen-bond acceptors (Lipinski definition) is 2. The highest BCUT2D eigenvalue weighted by Gasteiger charge is 2.20. The smallest absolute Gasteiger partial charge is 0.191 e. The van der Waals surface area contributed by atoms with Crippen molar-refractivity contribution in [2.75, 3.05) is 33.2 Å². The minimum atomic E-state index is 0.651. The lowest BCUT2D eigenvalue weighted by Gasteiger charge is -2.23. The van der Waals surface area contributed by atoms with Crippen LogP contribution in [-0.4, -0.2) is 50.1 Å². The van der Waals surface area contributed by atoms with Gasteiger partial charge in [0.25, 0.3) is 0 Å². The Balaban J connectivity index is 2.21. The van der Waals surface area contributed by atoms with Crippen LogP contribution in [0, 0.1) is 5.92 Å². The molecule has 0 aliphatic heterocycles. The number of likely N-dealkylation sites (N-methyl/N-ethyl adjacent to an activating group) is 1. The van der Waals surface area contributed by atoms with Crippen LogP contribution in [0.4, 0.5) is 0 Å². The summed E-state index contributed by atoms with van der Waals surface area (Å²) in [4.78, 5) is 7.00. The number of guanidine groups is 1. The Kier molecular flexibility index (Phi) is 7.09. The van der Waals surface area contributed by atoms with Gasteiger partial charge in [-0.25, -0.2) is 0 Å². The number of rotatable bonds is 8. The van der Waals surface area contributed by atoms with E-state index in [4.69, 9.17) is 0 Å². The fraction of sp³-hybridized carbons (Fsp3) is 0.929. The zero-order valence-electron chi connectivity index (χ0n) is 12.5. The van der Waals surface area contributed by atoms with Crippen molar-refractivity contribution in [1.29, 1.82) is 0 Å². The normalized spacial score (nSPS) is 17.9. The van der Waals surface area contributed by atoms with Gasteiger partial charge in [0.2, 0.25) is 0 Å². The van der Waals surface area contributed by atoms with Crippen LogP contribution in [0.3, 0.4) is 0 Å². The van der Waals surface area contributed by atoms with Crippen molar-refractivity contribution in [3.8, 4) is 0 Å². The predicted octanol–water partition coefficient (Wildman–Crippen LogP) is 1.68. The van der Waals surface area contributed by atoms with Gasteiger partial charge in [0.05, 0.1) is 0 Å². The quantitative estimate of drug-likeness (QED) is 0.511. The van der Waals surface area contributed by atoms with E-state index in [0.29, 0.717) is 6.04 Å². The number of hydrogen-bond donors (Lipinski definition) is 2. The first kappa shape index (κ1) is 15.3. The highest BCUT2D eigenvalue weighted by molar-refractivity contribution is 5.79. The zero-order chi connectivity index (χ0) is 13.4. The Morgan fingerprint density at radius 2 is 2.06 bits per heavy atom. The summed E-state index contributed by atoms with van der Waals surface area (Å²) in [6, 6.07) is 0.651. The molecule has 0 bridgehead atoms. The molecule has 106 valence electrons. The summed E-state index contributed by atoms with van der Waals surface area (Å²) in [7, 11) is 2.18. The van der Waals surface area contributed by atoms with Gasteiger partial charge in [0.15, 0.2) is 5.96 Å². The van der Waals surface area contributed by atoms with E-state index in [-0.39, 0.29) is 0 Å². The minimum Gasteiger partial charge on any atom is -0.357 e. The van der Waals surface area contributed by atoms with Crippen molar-refractivity contribution in [3.63, 3.8) is 0 Å². The maximum Gasteiger partial charge on any atom is 0.191 e. The maximum absolute atomic E-state index is 4.61. The molecule has 18 heavy (non-hydrogen) atoms. The van der Waals surface area contributed by atoms with Gasteiger partial charge in [0, 0.05) is 32.2 Å². The lowest BCUT2D eigenvalue weighted by molar-refractivity contribution is 0.255. The Morgan fingerprint density at radius 3 is 2.61 bits per heavy atom. The molecule has 0 aromatic heterocycles. The van der Waals surface area contributed by atoms with Gasteiger partial charge in [-0.3, -0.25) is 4.99 Å². The SMILES string of the molecule is CCNC(=NCC1CC1)NCCN(C)C(C)CC. The average Bonchev–Trinajstić information content (AvgIpc) is 3.18. The maximum atomic E-state index is 4.61. The standard InChI is InChI=1S/C14H30N4/c1-5-12(3)18(4)10-9-16-14(15-6-2)17-11-13-7-8-13/h12-13H,5-11H2,1-4H3,(H2,15,16,17). The third-order valence-corrected chi connectivity index (χ3v) is 3.65. The van der Waals surface area contributed by atoms with Crippen molar-refractivity contribution < 1.29 is 0 Å². The van der Waals surface area contributed by atoms with Crippen LogP contribution in [-0.2, 0) is 0 Å². The molecule has 4 nitrogen and oxygen atoms in total. The molecule has 0 radical (unpaired) electrons. The van der Waals surface area contributed by atoms with Crippen molar-refractivity contribution in [2.45, 2.75) is 46.1 Å². The van der Waals surface area contributed by atoms with E-state index in [1.165, 1.54) is 19.3 Å². The van der Waals surface area contributed by atoms with E-state index in [2.05, 4.69) is 48.3 Å². The van der Waals surface area contributed by atoms with Crippen molar-refractivity contribution in [3.05, 3.63) is 0 Å². The lowest BCUT2D eigenvalue weighted by Crippen LogP contribution is -2.42. The van der Waals surface area contributed by atoms with Gasteiger partial charge in [-0.15, -0.1) is 0 Å². The molecule has 1 aliphatic rings. The van der Waals surface area contributed by atoms with E-state index in [9.17, 15) is 0 Å². The summed E-state index contributed by atoms with van der Waals surface area (Å²) in [5, 5.41) is 6.71. The van der Waals surface area contributed by atoms with Crippen LogP contribution >= 0.6 is 0 Å². The third kappa shape index (κ3) is 6.24. The first-order valence-corrected chi connectivity index (χ1v) is 7.39. The molecular formula is C14H30N4. The number of nitrogens with one attached hydrogen (secondary N) is 2. The highest BCUT2D eigenvalue weighted by atomic mass is 15.2. The second-order valence-electron chi connectivity index (χ2n) is 5.33. The van der Waals surface area contributed by atoms with Crippen LogP contribution in [0.2, 0.25) is 0 Å². The van der Waals surface area contributed by atoms with E-state index >= 15 is 0 Å². The van der Waals surface area contributed by atoms with Crippen LogP contribution in [0.1, 0.15) is 40.0 Å². The van der Waals surface area contributed by atoms with E-state index in [1.807, 2.05) is 0 Å². The first-order chi connectivity index (χ1) is 8.67. The first-order valence-electron chi connectivity index (χ1n) is 7.39. The summed E-state index contributed by atoms with van der Waals surface area (Å²) >= 11 is 0. The minimum absolute atomic E-state index is 0.651. The summed E-state index contributed by atoms with van der Waals surface area (Å²) in [6.45, 7) is 10.5. The molecule has 1 rings (SSSR count). The molecule has 1 saturated carbocycles. The largest absolute Gasteiger partial charge is 0.357 e. The molecule has 0 amide bonds. The average molecular weight is 254 g/mol. The van der Waals surface area contributed by atoms with E-state index in [1.54, 1.807) is 0 Å². The summed E-state index contributed by atoms with van der Waals surface area (Å²) in [5.74, 6) is 1.82. The predicted molar refractivity (Wildman–Crippen MR) is 79.1 cm³/mol. The van der Waals surface area contributed by atoms with E-state index < -0.39 is 0 Å². The Morgan fingerprint density at radius 1 is 1.33 bits per heavy atom. The molecule has 0 heterocycles. The summed E-state index contributed by atoms with van der Waals surface area (Å²) < 4.78 is 0. The van der Waals surface area contributed by atoms with Gasteiger partial charge in [-0.2, -0.15) is 0 Å². The molecule has 1 aliphatic carbocycles. The van der Waals surface area contributed by atoms with Gasteiger partial charge < -0.3 is 15.5 Å². The molecule has 2 N–H and O–H groups in total. The molecule has 0 spiro atoms. The Hall–Kier alpha value is -0.770. The van der Waals surface area contributed by atoms with Crippen molar-refractivity contribution in [2.24, 2.45) is 10.9 Å². The monoisotopic (exact) mass is 254 g/mol. The summed E-state index contributed by atoms with van der Waals surface area (Å²) in [5.41, 5.74) is 0. The molecular weight excluding hydrogens is 224 g/mol. The van der Waals surface area contributed by atoms with Crippen LogP contribution < -0.4 is 10.6 Å². The second kappa shape index (κ2) is 8.35. The van der Waals surface area contributed by atoms with Gasteiger partial charge in [-0.05, 0) is 46.1 Å². The fourth-order valence-corrected chi connectivity index (χ4v) is 1.75. The number of nitrogens with zero attached hydrogens (tertiary/aromatic N) is 2. The molecule has 0 aromatic rings. The fourth-order valence-electron chi connectivity index (χ4n) is 1.75. The molecule has 4 heteroatoms. The molecule has 1 atom stereocenters. The molecule has 0 saturated heterocycles. The van der Waals surface area contributed by atoms with Crippen molar-refractivity contribution >= 4 is 5.96 Å². The third-order valence-electron chi connectivity index (χ3n) is 3.65. The van der Waals surface area contributed by atoms with E-state index in [0.717, 1.165) is 38.1 Å². The Labute approximate surface area is 112 Å². The molecule has 1 unspecified atom stereocenters. The van der Waals surface area contributed by atoms with Crippen molar-refractivity contribution in [1.82, 2.24) is 15.5 Å². The highest BCUT2D eigenvalue weighted by Crippen LogP contribution is 2.28. The molecule has 0 aromatic carbocycles. The molecule has 1 fully saturated rings. The van der Waals surface area contributed by atoms with Crippen LogP contribution in [0.5, 0.6) is 0 Å². The number of aliphatic imine (C=N–C) groups is 1. The Bertz CT molecular complexity index is 248. The summed E-state index contributed by atoms with van der Waals surface area (Å²) in [6.07, 6.45) is 3.92. The lowest BCUT2D eigenvalue weighted by atomic mass is 10.2. The van der Waals surface area contributed by atoms with Crippen LogP contribution in [0.15, 0.2) is 4.99 Å². The van der Waals surface area contributed by atoms with Gasteiger partial charge in [0.1, 0.15) is 0 Å².